The fraction of sp³-hybridized carbons (Fsp3) is 1.00. The monoisotopic (exact) mass is 187 g/mol. The summed E-state index contributed by atoms with van der Waals surface area (Å²) in [6, 6.07) is 0.285. The van der Waals surface area contributed by atoms with Crippen LogP contribution < -0.4 is 0 Å². The molecule has 0 aromatic carbocycles. The van der Waals surface area contributed by atoms with Crippen molar-refractivity contribution < 1.29 is 9.84 Å². The van der Waals surface area contributed by atoms with E-state index in [0.717, 1.165) is 13.0 Å². The van der Waals surface area contributed by atoms with Crippen LogP contribution >= 0.6 is 0 Å². The quantitative estimate of drug-likeness (QED) is 0.696. The lowest BCUT2D eigenvalue weighted by molar-refractivity contribution is -0.0536. The summed E-state index contributed by atoms with van der Waals surface area (Å²) >= 11 is 0. The maximum Gasteiger partial charge on any atom is 0.0724 e. The molecule has 1 aliphatic heterocycles. The van der Waals surface area contributed by atoms with Crippen molar-refractivity contribution in [2.24, 2.45) is 0 Å². The van der Waals surface area contributed by atoms with E-state index in [9.17, 15) is 0 Å². The first-order valence-electron chi connectivity index (χ1n) is 4.91. The van der Waals surface area contributed by atoms with Crippen molar-refractivity contribution in [3.05, 3.63) is 0 Å². The van der Waals surface area contributed by atoms with Crippen molar-refractivity contribution >= 4 is 0 Å². The molecule has 1 aliphatic rings. The number of hydrogen-bond donors (Lipinski definition) is 1. The van der Waals surface area contributed by atoms with Gasteiger partial charge in [-0.1, -0.05) is 0 Å². The molecule has 2 atom stereocenters. The summed E-state index contributed by atoms with van der Waals surface area (Å²) in [5.74, 6) is 0. The zero-order chi connectivity index (χ0) is 10.1. The number of hydrogen-bond acceptors (Lipinski definition) is 3. The van der Waals surface area contributed by atoms with Gasteiger partial charge in [0.05, 0.1) is 18.3 Å². The van der Waals surface area contributed by atoms with Crippen molar-refractivity contribution in [2.75, 3.05) is 20.2 Å². The number of aliphatic hydroxyl groups is 1. The van der Waals surface area contributed by atoms with Gasteiger partial charge in [0.15, 0.2) is 0 Å². The molecule has 0 aliphatic carbocycles. The van der Waals surface area contributed by atoms with E-state index in [1.165, 1.54) is 0 Å². The molecule has 3 nitrogen and oxygen atoms in total. The number of ether oxygens (including phenoxy) is 1. The van der Waals surface area contributed by atoms with E-state index in [0.29, 0.717) is 0 Å². The van der Waals surface area contributed by atoms with Gasteiger partial charge in [-0.05, 0) is 34.2 Å². The predicted octanol–water partition coefficient (Wildman–Crippen LogP) is 0.866. The van der Waals surface area contributed by atoms with Gasteiger partial charge in [0, 0.05) is 12.6 Å². The van der Waals surface area contributed by atoms with Crippen LogP contribution in [0.15, 0.2) is 0 Å². The van der Waals surface area contributed by atoms with Crippen LogP contribution in [0.1, 0.15) is 27.2 Å². The lowest BCUT2D eigenvalue weighted by Gasteiger charge is -2.24. The molecule has 1 heterocycles. The van der Waals surface area contributed by atoms with Crippen molar-refractivity contribution in [3.8, 4) is 0 Å². The van der Waals surface area contributed by atoms with Crippen molar-refractivity contribution in [3.63, 3.8) is 0 Å². The summed E-state index contributed by atoms with van der Waals surface area (Å²) in [5, 5.41) is 9.06. The smallest absolute Gasteiger partial charge is 0.0724 e. The number of aliphatic hydroxyl groups excluding tert-OH is 1. The molecular formula is C10H21NO2. The Morgan fingerprint density at radius 1 is 1.46 bits per heavy atom. The lowest BCUT2D eigenvalue weighted by Crippen LogP contribution is -2.30. The van der Waals surface area contributed by atoms with E-state index in [1.807, 2.05) is 7.05 Å². The molecule has 0 bridgehead atoms. The number of rotatable bonds is 2. The summed E-state index contributed by atoms with van der Waals surface area (Å²) < 4.78 is 5.85. The second-order valence-electron chi connectivity index (χ2n) is 4.86. The van der Waals surface area contributed by atoms with Crippen LogP contribution in [0, 0.1) is 0 Å². The van der Waals surface area contributed by atoms with Crippen LogP contribution in [0.25, 0.3) is 0 Å². The minimum atomic E-state index is -0.0736. The SMILES string of the molecule is CN1C[C@H](OC(C)(C)C)C[C@H]1CO. The summed E-state index contributed by atoms with van der Waals surface area (Å²) in [6.07, 6.45) is 1.23. The van der Waals surface area contributed by atoms with Gasteiger partial charge in [-0.3, -0.25) is 4.90 Å². The maximum atomic E-state index is 9.06. The number of nitrogens with zero attached hydrogens (tertiary/aromatic N) is 1. The standard InChI is InChI=1S/C10H21NO2/c1-10(2,3)13-9-5-8(7-12)11(4)6-9/h8-9,12H,5-7H2,1-4H3/t8-,9+/m0/s1. The Morgan fingerprint density at radius 3 is 2.46 bits per heavy atom. The zero-order valence-electron chi connectivity index (χ0n) is 9.08. The van der Waals surface area contributed by atoms with Gasteiger partial charge in [0.1, 0.15) is 0 Å². The Bertz CT molecular complexity index is 165. The Morgan fingerprint density at radius 2 is 2.08 bits per heavy atom. The van der Waals surface area contributed by atoms with E-state index >= 15 is 0 Å². The Labute approximate surface area is 80.7 Å². The molecule has 0 spiro atoms. The van der Waals surface area contributed by atoms with Gasteiger partial charge in [0.2, 0.25) is 0 Å². The highest BCUT2D eigenvalue weighted by molar-refractivity contribution is 4.84. The van der Waals surface area contributed by atoms with E-state index < -0.39 is 0 Å². The van der Waals surface area contributed by atoms with Gasteiger partial charge in [0.25, 0.3) is 0 Å². The summed E-state index contributed by atoms with van der Waals surface area (Å²) in [7, 11) is 2.03. The first kappa shape index (κ1) is 11.0. The molecule has 1 fully saturated rings. The molecule has 78 valence electrons. The molecule has 3 heteroatoms. The average Bonchev–Trinajstić information content (AvgIpc) is 2.26. The van der Waals surface area contributed by atoms with Crippen LogP contribution in [0.3, 0.4) is 0 Å². The topological polar surface area (TPSA) is 32.7 Å². The third-order valence-corrected chi connectivity index (χ3v) is 2.38. The highest BCUT2D eigenvalue weighted by Crippen LogP contribution is 2.22. The van der Waals surface area contributed by atoms with E-state index in [1.54, 1.807) is 0 Å². The molecule has 0 radical (unpaired) electrons. The predicted molar refractivity (Wildman–Crippen MR) is 52.7 cm³/mol. The Kier molecular flexibility index (Phi) is 3.33. The van der Waals surface area contributed by atoms with Crippen LogP contribution in [-0.4, -0.2) is 48.0 Å². The van der Waals surface area contributed by atoms with Crippen LogP contribution in [0.5, 0.6) is 0 Å². The fourth-order valence-electron chi connectivity index (χ4n) is 1.83. The van der Waals surface area contributed by atoms with E-state index in [4.69, 9.17) is 9.84 Å². The second kappa shape index (κ2) is 3.95. The molecule has 1 rings (SSSR count). The first-order chi connectivity index (χ1) is 5.92. The van der Waals surface area contributed by atoms with Crippen LogP contribution in [-0.2, 0) is 4.74 Å². The zero-order valence-corrected chi connectivity index (χ0v) is 9.08. The normalized spacial score (nSPS) is 31.2. The second-order valence-corrected chi connectivity index (χ2v) is 4.86. The largest absolute Gasteiger partial charge is 0.395 e. The third-order valence-electron chi connectivity index (χ3n) is 2.38. The van der Waals surface area contributed by atoms with Gasteiger partial charge < -0.3 is 9.84 Å². The summed E-state index contributed by atoms with van der Waals surface area (Å²) in [5.41, 5.74) is -0.0736. The molecule has 0 aromatic heterocycles. The minimum Gasteiger partial charge on any atom is -0.395 e. The fourth-order valence-corrected chi connectivity index (χ4v) is 1.83. The molecular weight excluding hydrogens is 166 g/mol. The molecule has 1 saturated heterocycles. The van der Waals surface area contributed by atoms with Crippen LogP contribution in [0.2, 0.25) is 0 Å². The lowest BCUT2D eigenvalue weighted by atomic mass is 10.1. The first-order valence-corrected chi connectivity index (χ1v) is 4.91. The minimum absolute atomic E-state index is 0.0736. The van der Waals surface area contributed by atoms with E-state index in [2.05, 4.69) is 25.7 Å². The molecule has 0 unspecified atom stereocenters. The number of likely N-dealkylation sites (N-methyl/N-ethyl adjacent to an activating group) is 1. The van der Waals surface area contributed by atoms with Crippen molar-refractivity contribution in [1.82, 2.24) is 4.90 Å². The van der Waals surface area contributed by atoms with Crippen LogP contribution in [0.4, 0.5) is 0 Å². The van der Waals surface area contributed by atoms with Gasteiger partial charge in [-0.25, -0.2) is 0 Å². The van der Waals surface area contributed by atoms with E-state index in [-0.39, 0.29) is 24.4 Å². The molecule has 13 heavy (non-hydrogen) atoms. The molecule has 0 aromatic rings. The van der Waals surface area contributed by atoms with Crippen molar-refractivity contribution in [1.29, 1.82) is 0 Å². The van der Waals surface area contributed by atoms with Gasteiger partial charge in [-0.2, -0.15) is 0 Å². The molecule has 0 amide bonds. The maximum absolute atomic E-state index is 9.06. The van der Waals surface area contributed by atoms with Gasteiger partial charge in [-0.15, -0.1) is 0 Å². The third kappa shape index (κ3) is 3.25. The molecule has 1 N–H and O–H groups in total. The summed E-state index contributed by atoms with van der Waals surface area (Å²) in [4.78, 5) is 2.16. The Hall–Kier alpha value is -0.120. The highest BCUT2D eigenvalue weighted by Gasteiger charge is 2.31. The van der Waals surface area contributed by atoms with Gasteiger partial charge >= 0.3 is 0 Å². The highest BCUT2D eigenvalue weighted by atomic mass is 16.5. The Balaban J connectivity index is 2.40. The average molecular weight is 187 g/mol. The molecule has 0 saturated carbocycles. The number of likely N-dealkylation sites (tertiary alicyclic amines) is 1. The van der Waals surface area contributed by atoms with Crippen molar-refractivity contribution in [2.45, 2.75) is 44.9 Å². The summed E-state index contributed by atoms with van der Waals surface area (Å²) in [6.45, 7) is 7.38.